The van der Waals surface area contributed by atoms with Gasteiger partial charge in [0.2, 0.25) is 11.8 Å². The number of sulfonamides is 1. The molecule has 51 heavy (non-hydrogen) atoms. The minimum absolute atomic E-state index is 0.0495. The number of benzene rings is 4. The van der Waals surface area contributed by atoms with Crippen molar-refractivity contribution >= 4 is 68.0 Å². The molecule has 270 valence electrons. The zero-order chi connectivity index (χ0) is 37.5. The van der Waals surface area contributed by atoms with Gasteiger partial charge in [-0.05, 0) is 62.2 Å². The number of amides is 2. The molecule has 0 aliphatic heterocycles. The molecule has 0 spiro atoms. The molecule has 0 unspecified atom stereocenters. The molecule has 4 aromatic carbocycles. The molecule has 0 saturated heterocycles. The number of anilines is 1. The van der Waals surface area contributed by atoms with E-state index >= 15 is 0 Å². The number of carbonyl (C=O) groups excluding carboxylic acids is 2. The van der Waals surface area contributed by atoms with Gasteiger partial charge < -0.3 is 15.0 Å². The van der Waals surface area contributed by atoms with Gasteiger partial charge in [0.1, 0.15) is 18.3 Å². The number of methoxy groups -OCH3 is 1. The summed E-state index contributed by atoms with van der Waals surface area (Å²) in [5.41, 5.74) is 0.770. The standard InChI is InChI=1S/C36H37Cl3N4O7S/c1-5-24(3)40-36(45)33(18-25-10-7-6-8-11-25)41(21-28-29(38)12-9-13-30(28)39)35(44)22-42(32-19-26(37)15-17-34(32)50-4)51(48,49)27-16-14-23(2)31(20-27)43(46)47/h6-17,19-20,24,33H,5,18,21-22H2,1-4H3,(H,40,45)/t24-,33+/m1/s1. The quantitative estimate of drug-likeness (QED) is 0.0969. The van der Waals surface area contributed by atoms with Crippen molar-refractivity contribution in [2.45, 2.75) is 57.1 Å². The smallest absolute Gasteiger partial charge is 0.273 e. The first-order valence-electron chi connectivity index (χ1n) is 15.9. The normalized spacial score (nSPS) is 12.5. The zero-order valence-corrected chi connectivity index (χ0v) is 31.4. The number of nitro groups is 1. The second kappa shape index (κ2) is 17.2. The molecule has 0 bridgehead atoms. The molecule has 2 amide bonds. The van der Waals surface area contributed by atoms with E-state index in [0.717, 1.165) is 15.9 Å². The number of hydrogen-bond donors (Lipinski definition) is 1. The van der Waals surface area contributed by atoms with E-state index < -0.39 is 49.9 Å². The number of carbonyl (C=O) groups is 2. The minimum Gasteiger partial charge on any atom is -0.495 e. The molecule has 4 rings (SSSR count). The minimum atomic E-state index is -4.73. The zero-order valence-electron chi connectivity index (χ0n) is 28.3. The molecule has 1 N–H and O–H groups in total. The average molecular weight is 776 g/mol. The van der Waals surface area contributed by atoms with Crippen LogP contribution >= 0.6 is 34.8 Å². The van der Waals surface area contributed by atoms with Crippen LogP contribution in [0.25, 0.3) is 0 Å². The summed E-state index contributed by atoms with van der Waals surface area (Å²) >= 11 is 19.5. The fourth-order valence-corrected chi connectivity index (χ4v) is 7.41. The highest BCUT2D eigenvalue weighted by Gasteiger charge is 2.37. The van der Waals surface area contributed by atoms with Crippen molar-refractivity contribution in [1.82, 2.24) is 10.2 Å². The molecular weight excluding hydrogens is 739 g/mol. The Morgan fingerprint density at radius 1 is 0.961 bits per heavy atom. The van der Waals surface area contributed by atoms with Crippen LogP contribution in [0, 0.1) is 17.0 Å². The molecule has 0 aliphatic rings. The first-order chi connectivity index (χ1) is 24.2. The third-order valence-corrected chi connectivity index (χ3v) is 11.0. The first-order valence-corrected chi connectivity index (χ1v) is 18.4. The van der Waals surface area contributed by atoms with Gasteiger partial charge in [-0.2, -0.15) is 0 Å². The van der Waals surface area contributed by atoms with E-state index in [1.165, 1.54) is 49.3 Å². The van der Waals surface area contributed by atoms with Crippen molar-refractivity contribution in [2.75, 3.05) is 18.0 Å². The van der Waals surface area contributed by atoms with E-state index in [1.54, 1.807) is 30.3 Å². The van der Waals surface area contributed by atoms with Crippen LogP contribution in [0.2, 0.25) is 15.1 Å². The molecular formula is C36H37Cl3N4O7S. The van der Waals surface area contributed by atoms with Gasteiger partial charge in [-0.3, -0.25) is 24.0 Å². The number of aryl methyl sites for hydroxylation is 1. The van der Waals surface area contributed by atoms with E-state index in [2.05, 4.69) is 5.32 Å². The van der Waals surface area contributed by atoms with Crippen molar-refractivity contribution in [3.8, 4) is 5.75 Å². The second-order valence-electron chi connectivity index (χ2n) is 11.8. The van der Waals surface area contributed by atoms with Crippen molar-refractivity contribution in [3.05, 3.63) is 127 Å². The molecule has 4 aromatic rings. The van der Waals surface area contributed by atoms with Crippen LogP contribution in [0.5, 0.6) is 5.75 Å². The molecule has 0 aliphatic carbocycles. The molecule has 2 atom stereocenters. The predicted octanol–water partition coefficient (Wildman–Crippen LogP) is 7.62. The summed E-state index contributed by atoms with van der Waals surface area (Å²) in [5, 5.41) is 15.4. The van der Waals surface area contributed by atoms with Crippen LogP contribution in [0.15, 0.2) is 89.8 Å². The van der Waals surface area contributed by atoms with Crippen LogP contribution < -0.4 is 14.4 Å². The number of nitro benzene ring substituents is 1. The fraction of sp³-hybridized carbons (Fsp3) is 0.278. The first kappa shape index (κ1) is 39.4. The summed E-state index contributed by atoms with van der Waals surface area (Å²) in [4.78, 5) is 40.8. The summed E-state index contributed by atoms with van der Waals surface area (Å²) in [6, 6.07) is 20.1. The Labute approximate surface area is 312 Å². The van der Waals surface area contributed by atoms with Crippen LogP contribution in [-0.2, 0) is 32.6 Å². The average Bonchev–Trinajstić information content (AvgIpc) is 3.09. The van der Waals surface area contributed by atoms with Gasteiger partial charge in [0.25, 0.3) is 15.7 Å². The maximum absolute atomic E-state index is 14.8. The predicted molar refractivity (Wildman–Crippen MR) is 199 cm³/mol. The van der Waals surface area contributed by atoms with Gasteiger partial charge in [-0.25, -0.2) is 8.42 Å². The summed E-state index contributed by atoms with van der Waals surface area (Å²) < 4.78 is 35.3. The van der Waals surface area contributed by atoms with Crippen LogP contribution in [-0.4, -0.2) is 55.8 Å². The molecule has 15 heteroatoms. The van der Waals surface area contributed by atoms with E-state index in [0.29, 0.717) is 12.0 Å². The SMILES string of the molecule is CC[C@@H](C)NC(=O)[C@H](Cc1ccccc1)N(Cc1c(Cl)cccc1Cl)C(=O)CN(c1cc(Cl)ccc1OC)S(=O)(=O)c1ccc(C)c([N+](=O)[O-])c1. The van der Waals surface area contributed by atoms with Gasteiger partial charge >= 0.3 is 0 Å². The number of hydrogen-bond acceptors (Lipinski definition) is 7. The van der Waals surface area contributed by atoms with Crippen molar-refractivity contribution < 1.29 is 27.7 Å². The van der Waals surface area contributed by atoms with Crippen LogP contribution in [0.3, 0.4) is 0 Å². The summed E-state index contributed by atoms with van der Waals surface area (Å²) in [6.45, 7) is 4.07. The van der Waals surface area contributed by atoms with Gasteiger partial charge in [-0.15, -0.1) is 0 Å². The Hall–Kier alpha value is -4.36. The number of rotatable bonds is 15. The Kier molecular flexibility index (Phi) is 13.3. The number of nitrogens with one attached hydrogen (secondary N) is 1. The lowest BCUT2D eigenvalue weighted by molar-refractivity contribution is -0.385. The number of nitrogens with zero attached hydrogens (tertiary/aromatic N) is 3. The van der Waals surface area contributed by atoms with Gasteiger partial charge in [-0.1, -0.05) is 84.2 Å². The lowest BCUT2D eigenvalue weighted by atomic mass is 10.0. The largest absolute Gasteiger partial charge is 0.495 e. The second-order valence-corrected chi connectivity index (χ2v) is 14.9. The van der Waals surface area contributed by atoms with Crippen LogP contribution in [0.1, 0.15) is 37.0 Å². The summed E-state index contributed by atoms with van der Waals surface area (Å²) in [5.74, 6) is -1.24. The third-order valence-electron chi connectivity index (χ3n) is 8.32. The fourth-order valence-electron chi connectivity index (χ4n) is 5.29. The van der Waals surface area contributed by atoms with Crippen molar-refractivity contribution in [1.29, 1.82) is 0 Å². The van der Waals surface area contributed by atoms with Gasteiger partial charge in [0.05, 0.1) is 22.6 Å². The lowest BCUT2D eigenvalue weighted by Crippen LogP contribution is -2.54. The van der Waals surface area contributed by atoms with E-state index in [1.807, 2.05) is 32.0 Å². The highest BCUT2D eigenvalue weighted by Crippen LogP contribution is 2.36. The van der Waals surface area contributed by atoms with Crippen LogP contribution in [0.4, 0.5) is 11.4 Å². The Balaban J connectivity index is 1.93. The topological polar surface area (TPSA) is 139 Å². The summed E-state index contributed by atoms with van der Waals surface area (Å²) in [7, 11) is -3.42. The monoisotopic (exact) mass is 774 g/mol. The van der Waals surface area contributed by atoms with E-state index in [-0.39, 0.29) is 51.1 Å². The van der Waals surface area contributed by atoms with Gasteiger partial charge in [0, 0.05) is 51.3 Å². The van der Waals surface area contributed by atoms with Crippen molar-refractivity contribution in [2.24, 2.45) is 0 Å². The van der Waals surface area contributed by atoms with Crippen molar-refractivity contribution in [3.63, 3.8) is 0 Å². The van der Waals surface area contributed by atoms with E-state index in [9.17, 15) is 28.1 Å². The molecule has 0 radical (unpaired) electrons. The third kappa shape index (κ3) is 9.50. The van der Waals surface area contributed by atoms with Gasteiger partial charge in [0.15, 0.2) is 0 Å². The Morgan fingerprint density at radius 3 is 2.24 bits per heavy atom. The highest BCUT2D eigenvalue weighted by molar-refractivity contribution is 7.92. The number of halogens is 3. The molecule has 0 heterocycles. The molecule has 0 aromatic heterocycles. The Morgan fingerprint density at radius 2 is 1.63 bits per heavy atom. The highest BCUT2D eigenvalue weighted by atomic mass is 35.5. The number of ether oxygens (including phenoxy) is 1. The Bertz CT molecular complexity index is 2000. The maximum atomic E-state index is 14.8. The molecule has 0 saturated carbocycles. The summed E-state index contributed by atoms with van der Waals surface area (Å²) in [6.07, 6.45) is 0.672. The molecule has 0 fully saturated rings. The maximum Gasteiger partial charge on any atom is 0.273 e. The van der Waals surface area contributed by atoms with E-state index in [4.69, 9.17) is 39.5 Å². The molecule has 11 nitrogen and oxygen atoms in total. The lowest BCUT2D eigenvalue weighted by Gasteiger charge is -2.35.